The molecule has 5 heteroatoms. The predicted molar refractivity (Wildman–Crippen MR) is 64.9 cm³/mol. The van der Waals surface area contributed by atoms with Gasteiger partial charge in [0.1, 0.15) is 0 Å². The highest BCUT2D eigenvalue weighted by atomic mass is 16.6. The molecule has 2 unspecified atom stereocenters. The number of hydrogen-bond donors (Lipinski definition) is 1. The van der Waals surface area contributed by atoms with Crippen molar-refractivity contribution in [2.45, 2.75) is 38.5 Å². The molecule has 5 nitrogen and oxygen atoms in total. The topological polar surface area (TPSA) is 62.3 Å². The summed E-state index contributed by atoms with van der Waals surface area (Å²) in [5, 5.41) is 4.48. The molecule has 0 spiro atoms. The smallest absolute Gasteiger partial charge is 0.0963 e. The third-order valence-corrected chi connectivity index (χ3v) is 2.96. The first-order valence-electron chi connectivity index (χ1n) is 6.16. The van der Waals surface area contributed by atoms with E-state index in [-0.39, 0.29) is 12.1 Å². The molecule has 1 saturated heterocycles. The Morgan fingerprint density at radius 2 is 2.35 bits per heavy atom. The lowest BCUT2D eigenvalue weighted by molar-refractivity contribution is -0.0968. The van der Waals surface area contributed by atoms with Gasteiger partial charge < -0.3 is 15.2 Å². The maximum atomic E-state index is 6.11. The number of aromatic nitrogens is 2. The summed E-state index contributed by atoms with van der Waals surface area (Å²) in [6.07, 6.45) is 2.71. The van der Waals surface area contributed by atoms with Crippen molar-refractivity contribution >= 4 is 0 Å². The summed E-state index contributed by atoms with van der Waals surface area (Å²) in [5.74, 6) is 0. The fraction of sp³-hybridized carbons (Fsp3) is 0.750. The van der Waals surface area contributed by atoms with E-state index in [2.05, 4.69) is 18.9 Å². The first-order chi connectivity index (χ1) is 8.16. The molecule has 0 aliphatic carbocycles. The third-order valence-electron chi connectivity index (χ3n) is 2.96. The van der Waals surface area contributed by atoms with E-state index in [1.807, 2.05) is 16.9 Å². The molecule has 0 saturated carbocycles. The molecule has 0 amide bonds. The Labute approximate surface area is 102 Å². The average molecular weight is 239 g/mol. The molecule has 2 heterocycles. The van der Waals surface area contributed by atoms with Gasteiger partial charge in [-0.1, -0.05) is 0 Å². The van der Waals surface area contributed by atoms with Crippen LogP contribution >= 0.6 is 0 Å². The van der Waals surface area contributed by atoms with E-state index >= 15 is 0 Å². The standard InChI is InChI=1S/C12H21N3O2/c1-9(2)15-4-3-10(14-15)7-11(13)12-8-16-5-6-17-12/h3-4,9,11-12H,5-8,13H2,1-2H3. The summed E-state index contributed by atoms with van der Waals surface area (Å²) in [5.41, 5.74) is 7.13. The number of rotatable bonds is 4. The van der Waals surface area contributed by atoms with Gasteiger partial charge in [0.2, 0.25) is 0 Å². The highest BCUT2D eigenvalue weighted by Crippen LogP contribution is 2.10. The molecule has 0 aromatic carbocycles. The van der Waals surface area contributed by atoms with Crippen molar-refractivity contribution in [1.29, 1.82) is 0 Å². The molecule has 1 aliphatic heterocycles. The summed E-state index contributed by atoms with van der Waals surface area (Å²) in [6, 6.07) is 2.35. The van der Waals surface area contributed by atoms with Gasteiger partial charge in [0.15, 0.2) is 0 Å². The van der Waals surface area contributed by atoms with E-state index in [4.69, 9.17) is 15.2 Å². The Kier molecular flexibility index (Phi) is 4.15. The first-order valence-corrected chi connectivity index (χ1v) is 6.16. The van der Waals surface area contributed by atoms with Crippen LogP contribution in [0.15, 0.2) is 12.3 Å². The van der Waals surface area contributed by atoms with Gasteiger partial charge in [0.25, 0.3) is 0 Å². The van der Waals surface area contributed by atoms with Crippen LogP contribution in [0.1, 0.15) is 25.6 Å². The van der Waals surface area contributed by atoms with E-state index < -0.39 is 0 Å². The largest absolute Gasteiger partial charge is 0.376 e. The number of nitrogens with zero attached hydrogens (tertiary/aromatic N) is 2. The normalized spacial score (nSPS) is 22.9. The average Bonchev–Trinajstić information content (AvgIpc) is 2.79. The molecule has 17 heavy (non-hydrogen) atoms. The van der Waals surface area contributed by atoms with Crippen LogP contribution < -0.4 is 5.73 Å². The van der Waals surface area contributed by atoms with E-state index in [9.17, 15) is 0 Å². The lowest BCUT2D eigenvalue weighted by Gasteiger charge is -2.27. The predicted octanol–water partition coefficient (Wildman–Crippen LogP) is 0.749. The van der Waals surface area contributed by atoms with Crippen molar-refractivity contribution in [3.8, 4) is 0 Å². The molecule has 1 aromatic rings. The van der Waals surface area contributed by atoms with Gasteiger partial charge in [-0.15, -0.1) is 0 Å². The molecule has 0 bridgehead atoms. The van der Waals surface area contributed by atoms with E-state index in [0.29, 0.717) is 25.9 Å². The van der Waals surface area contributed by atoms with Gasteiger partial charge >= 0.3 is 0 Å². The Balaban J connectivity index is 1.90. The van der Waals surface area contributed by atoms with Gasteiger partial charge in [-0.2, -0.15) is 5.10 Å². The number of nitrogens with two attached hydrogens (primary N) is 1. The lowest BCUT2D eigenvalue weighted by Crippen LogP contribution is -2.44. The fourth-order valence-electron chi connectivity index (χ4n) is 1.90. The van der Waals surface area contributed by atoms with Gasteiger partial charge in [-0.05, 0) is 19.9 Å². The maximum Gasteiger partial charge on any atom is 0.0963 e. The molecular formula is C12H21N3O2. The summed E-state index contributed by atoms with van der Waals surface area (Å²) >= 11 is 0. The van der Waals surface area contributed by atoms with Crippen LogP contribution in [0.2, 0.25) is 0 Å². The van der Waals surface area contributed by atoms with E-state index in [1.54, 1.807) is 0 Å². The minimum absolute atomic E-state index is 0.00653. The zero-order valence-corrected chi connectivity index (χ0v) is 10.5. The summed E-state index contributed by atoms with van der Waals surface area (Å²) < 4.78 is 12.9. The van der Waals surface area contributed by atoms with Crippen molar-refractivity contribution in [3.63, 3.8) is 0 Å². The molecule has 1 aromatic heterocycles. The van der Waals surface area contributed by atoms with Crippen molar-refractivity contribution < 1.29 is 9.47 Å². The van der Waals surface area contributed by atoms with Gasteiger partial charge in [-0.25, -0.2) is 0 Å². The number of hydrogen-bond acceptors (Lipinski definition) is 4. The van der Waals surface area contributed by atoms with Crippen LogP contribution in [0, 0.1) is 0 Å². The molecule has 96 valence electrons. The fourth-order valence-corrected chi connectivity index (χ4v) is 1.90. The van der Waals surface area contributed by atoms with E-state index in [0.717, 1.165) is 12.1 Å². The van der Waals surface area contributed by atoms with Gasteiger partial charge in [0, 0.05) is 24.7 Å². The minimum atomic E-state index is -0.0502. The van der Waals surface area contributed by atoms with Crippen LogP contribution in [-0.4, -0.2) is 41.7 Å². The lowest BCUT2D eigenvalue weighted by atomic mass is 10.1. The molecule has 2 rings (SSSR count). The Hall–Kier alpha value is -0.910. The highest BCUT2D eigenvalue weighted by Gasteiger charge is 2.22. The number of ether oxygens (including phenoxy) is 2. The molecular weight excluding hydrogens is 218 g/mol. The Morgan fingerprint density at radius 3 is 2.94 bits per heavy atom. The van der Waals surface area contributed by atoms with Crippen LogP contribution in [0.3, 0.4) is 0 Å². The molecule has 0 radical (unpaired) electrons. The quantitative estimate of drug-likeness (QED) is 0.842. The van der Waals surface area contributed by atoms with Crippen LogP contribution in [0.25, 0.3) is 0 Å². The zero-order valence-electron chi connectivity index (χ0n) is 10.5. The third kappa shape index (κ3) is 3.28. The van der Waals surface area contributed by atoms with Crippen LogP contribution in [0.5, 0.6) is 0 Å². The Bertz CT molecular complexity index is 345. The summed E-state index contributed by atoms with van der Waals surface area (Å²) in [4.78, 5) is 0. The summed E-state index contributed by atoms with van der Waals surface area (Å²) in [6.45, 7) is 6.11. The second kappa shape index (κ2) is 5.62. The molecule has 1 fully saturated rings. The SMILES string of the molecule is CC(C)n1ccc(CC(N)C2COCCO2)n1. The van der Waals surface area contributed by atoms with Gasteiger partial charge in [-0.3, -0.25) is 4.68 Å². The van der Waals surface area contributed by atoms with Crippen molar-refractivity contribution in [2.75, 3.05) is 19.8 Å². The second-order valence-corrected chi connectivity index (χ2v) is 4.73. The Morgan fingerprint density at radius 1 is 1.53 bits per heavy atom. The summed E-state index contributed by atoms with van der Waals surface area (Å²) in [7, 11) is 0. The monoisotopic (exact) mass is 239 g/mol. The molecule has 2 atom stereocenters. The maximum absolute atomic E-state index is 6.11. The first kappa shape index (κ1) is 12.5. The minimum Gasteiger partial charge on any atom is -0.376 e. The second-order valence-electron chi connectivity index (χ2n) is 4.73. The zero-order chi connectivity index (χ0) is 12.3. The van der Waals surface area contributed by atoms with Crippen molar-refractivity contribution in [1.82, 2.24) is 9.78 Å². The van der Waals surface area contributed by atoms with Crippen LogP contribution in [-0.2, 0) is 15.9 Å². The van der Waals surface area contributed by atoms with Gasteiger partial charge in [0.05, 0.1) is 31.6 Å². The van der Waals surface area contributed by atoms with E-state index in [1.165, 1.54) is 0 Å². The molecule has 1 aliphatic rings. The van der Waals surface area contributed by atoms with Crippen molar-refractivity contribution in [3.05, 3.63) is 18.0 Å². The van der Waals surface area contributed by atoms with Crippen molar-refractivity contribution in [2.24, 2.45) is 5.73 Å². The highest BCUT2D eigenvalue weighted by molar-refractivity contribution is 5.03. The molecule has 2 N–H and O–H groups in total. The van der Waals surface area contributed by atoms with Crippen LogP contribution in [0.4, 0.5) is 0 Å².